The first-order valence-electron chi connectivity index (χ1n) is 7.56. The average Bonchev–Trinajstić information content (AvgIpc) is 2.54. The summed E-state index contributed by atoms with van der Waals surface area (Å²) in [6, 6.07) is 11.8. The predicted octanol–water partition coefficient (Wildman–Crippen LogP) is 4.87. The summed E-state index contributed by atoms with van der Waals surface area (Å²) in [6.45, 7) is 4.39. The van der Waals surface area contributed by atoms with E-state index >= 15 is 0 Å². The maximum Gasteiger partial charge on any atom is 0.251 e. The minimum Gasteiger partial charge on any atom is -0.309 e. The van der Waals surface area contributed by atoms with Crippen molar-refractivity contribution >= 4 is 39.9 Å². The molecule has 0 bridgehead atoms. The zero-order chi connectivity index (χ0) is 17.4. The molecule has 122 valence electrons. The van der Waals surface area contributed by atoms with Gasteiger partial charge in [0.15, 0.2) is 5.78 Å². The number of fused-ring (bicyclic) bond motifs is 1. The Bertz CT molecular complexity index is 1020. The molecule has 0 atom stereocenters. The van der Waals surface area contributed by atoms with Gasteiger partial charge in [-0.3, -0.25) is 9.59 Å². The summed E-state index contributed by atoms with van der Waals surface area (Å²) in [7, 11) is 0. The number of nitrogens with zero attached hydrogens (tertiary/aromatic N) is 1. The Morgan fingerprint density at radius 1 is 1.04 bits per heavy atom. The molecule has 0 amide bonds. The molecule has 3 aromatic rings. The fourth-order valence-electron chi connectivity index (χ4n) is 2.83. The number of hydrogen-bond acceptors (Lipinski definition) is 2. The second-order valence-corrected chi connectivity index (χ2v) is 6.46. The maximum absolute atomic E-state index is 13.0. The van der Waals surface area contributed by atoms with Gasteiger partial charge < -0.3 is 4.57 Å². The van der Waals surface area contributed by atoms with Crippen molar-refractivity contribution in [2.75, 3.05) is 0 Å². The van der Waals surface area contributed by atoms with Gasteiger partial charge in [0.25, 0.3) is 5.56 Å². The Balaban J connectivity index is 2.31. The molecule has 0 N–H and O–H groups in total. The quantitative estimate of drug-likeness (QED) is 0.625. The first-order chi connectivity index (χ1) is 11.4. The van der Waals surface area contributed by atoms with Crippen molar-refractivity contribution in [1.82, 2.24) is 4.57 Å². The van der Waals surface area contributed by atoms with E-state index in [1.165, 1.54) is 12.1 Å². The average molecular weight is 360 g/mol. The van der Waals surface area contributed by atoms with Crippen LogP contribution in [0.4, 0.5) is 0 Å². The zero-order valence-electron chi connectivity index (χ0n) is 13.3. The molecule has 3 nitrogen and oxygen atoms in total. The van der Waals surface area contributed by atoms with Crippen molar-refractivity contribution in [3.63, 3.8) is 0 Å². The van der Waals surface area contributed by atoms with Crippen LogP contribution in [0.5, 0.6) is 0 Å². The highest BCUT2D eigenvalue weighted by atomic mass is 35.5. The minimum atomic E-state index is -0.285. The molecule has 0 spiro atoms. The van der Waals surface area contributed by atoms with E-state index in [1.54, 1.807) is 16.7 Å². The summed E-state index contributed by atoms with van der Waals surface area (Å²) in [5.74, 6) is -0.285. The van der Waals surface area contributed by atoms with Gasteiger partial charge in [-0.2, -0.15) is 0 Å². The number of carbonyl (C=O) groups is 1. The fourth-order valence-corrected chi connectivity index (χ4v) is 3.33. The normalized spacial score (nSPS) is 11.0. The highest BCUT2D eigenvalue weighted by Crippen LogP contribution is 2.26. The number of pyridine rings is 1. The van der Waals surface area contributed by atoms with E-state index in [9.17, 15) is 9.59 Å². The van der Waals surface area contributed by atoms with Crippen LogP contribution in [0, 0.1) is 6.92 Å². The molecule has 0 aliphatic heterocycles. The first-order valence-corrected chi connectivity index (χ1v) is 8.32. The molecule has 5 heteroatoms. The summed E-state index contributed by atoms with van der Waals surface area (Å²) in [5, 5.41) is 1.47. The lowest BCUT2D eigenvalue weighted by Crippen LogP contribution is -2.21. The van der Waals surface area contributed by atoms with E-state index in [0.717, 1.165) is 16.5 Å². The van der Waals surface area contributed by atoms with Gasteiger partial charge >= 0.3 is 0 Å². The summed E-state index contributed by atoms with van der Waals surface area (Å²) in [5.41, 5.74) is 2.23. The third-order valence-electron chi connectivity index (χ3n) is 4.00. The van der Waals surface area contributed by atoms with E-state index in [1.807, 2.05) is 32.0 Å². The lowest BCUT2D eigenvalue weighted by atomic mass is 9.98. The van der Waals surface area contributed by atoms with Crippen molar-refractivity contribution < 1.29 is 4.79 Å². The smallest absolute Gasteiger partial charge is 0.251 e. The molecule has 0 fully saturated rings. The molecule has 2 aromatic carbocycles. The standard InChI is InChI=1S/C19H15Cl2NO2/c1-3-22-17-7-4-11(2)8-14(17)15(10-18(22)23)19(24)13-6-5-12(20)9-16(13)21/h4-10H,3H2,1-2H3. The van der Waals surface area contributed by atoms with Crippen molar-refractivity contribution in [3.05, 3.63) is 79.6 Å². The Morgan fingerprint density at radius 3 is 2.46 bits per heavy atom. The van der Waals surface area contributed by atoms with E-state index < -0.39 is 0 Å². The van der Waals surface area contributed by atoms with Gasteiger partial charge in [0, 0.05) is 34.1 Å². The van der Waals surface area contributed by atoms with Gasteiger partial charge in [-0.25, -0.2) is 0 Å². The lowest BCUT2D eigenvalue weighted by molar-refractivity contribution is 0.104. The lowest BCUT2D eigenvalue weighted by Gasteiger charge is -2.13. The number of aryl methyl sites for hydroxylation is 2. The number of carbonyl (C=O) groups excluding carboxylic acids is 1. The first kappa shape index (κ1) is 16.7. The summed E-state index contributed by atoms with van der Waals surface area (Å²) in [6.07, 6.45) is 0. The molecule has 3 rings (SSSR count). The fraction of sp³-hybridized carbons (Fsp3) is 0.158. The Morgan fingerprint density at radius 2 is 1.79 bits per heavy atom. The number of benzene rings is 2. The molecule has 0 saturated heterocycles. The molecule has 1 heterocycles. The third-order valence-corrected chi connectivity index (χ3v) is 4.55. The summed E-state index contributed by atoms with van der Waals surface area (Å²) >= 11 is 12.1. The molecule has 0 saturated carbocycles. The van der Waals surface area contributed by atoms with Crippen LogP contribution in [-0.2, 0) is 6.54 Å². The van der Waals surface area contributed by atoms with Crippen molar-refractivity contribution in [2.45, 2.75) is 20.4 Å². The van der Waals surface area contributed by atoms with Crippen LogP contribution in [0.3, 0.4) is 0 Å². The number of ketones is 1. The van der Waals surface area contributed by atoms with E-state index in [0.29, 0.717) is 22.7 Å². The number of halogens is 2. The van der Waals surface area contributed by atoms with Crippen LogP contribution in [0.2, 0.25) is 10.0 Å². The number of aromatic nitrogens is 1. The third kappa shape index (κ3) is 2.85. The van der Waals surface area contributed by atoms with Gasteiger partial charge in [0.1, 0.15) is 0 Å². The van der Waals surface area contributed by atoms with Crippen LogP contribution in [0.25, 0.3) is 10.9 Å². The molecular formula is C19H15Cl2NO2. The SMILES string of the molecule is CCn1c(=O)cc(C(=O)c2ccc(Cl)cc2Cl)c2cc(C)ccc21. The van der Waals surface area contributed by atoms with Gasteiger partial charge in [-0.15, -0.1) is 0 Å². The molecule has 0 aliphatic carbocycles. The van der Waals surface area contributed by atoms with Gasteiger partial charge in [0.05, 0.1) is 10.5 Å². The van der Waals surface area contributed by atoms with Crippen LogP contribution in [-0.4, -0.2) is 10.4 Å². The van der Waals surface area contributed by atoms with E-state index in [4.69, 9.17) is 23.2 Å². The zero-order valence-corrected chi connectivity index (χ0v) is 14.8. The highest BCUT2D eigenvalue weighted by Gasteiger charge is 2.18. The predicted molar refractivity (Wildman–Crippen MR) is 98.5 cm³/mol. The molecule has 1 aromatic heterocycles. The number of hydrogen-bond donors (Lipinski definition) is 0. The topological polar surface area (TPSA) is 39.1 Å². The Labute approximate surface area is 149 Å². The van der Waals surface area contributed by atoms with E-state index in [-0.39, 0.29) is 16.4 Å². The Hall–Kier alpha value is -2.10. The molecule has 0 radical (unpaired) electrons. The van der Waals surface area contributed by atoms with Crippen LogP contribution >= 0.6 is 23.2 Å². The van der Waals surface area contributed by atoms with Crippen LogP contribution in [0.1, 0.15) is 28.4 Å². The van der Waals surface area contributed by atoms with Crippen LogP contribution < -0.4 is 5.56 Å². The minimum absolute atomic E-state index is 0.206. The second kappa shape index (κ2) is 6.42. The number of rotatable bonds is 3. The van der Waals surface area contributed by atoms with Crippen molar-refractivity contribution in [2.24, 2.45) is 0 Å². The highest BCUT2D eigenvalue weighted by molar-refractivity contribution is 6.38. The monoisotopic (exact) mass is 359 g/mol. The van der Waals surface area contributed by atoms with Gasteiger partial charge in [0.2, 0.25) is 0 Å². The molecular weight excluding hydrogens is 345 g/mol. The van der Waals surface area contributed by atoms with Gasteiger partial charge in [-0.1, -0.05) is 34.8 Å². The maximum atomic E-state index is 13.0. The van der Waals surface area contributed by atoms with Crippen LogP contribution in [0.15, 0.2) is 47.3 Å². The van der Waals surface area contributed by atoms with Gasteiger partial charge in [-0.05, 0) is 44.2 Å². The summed E-state index contributed by atoms with van der Waals surface area (Å²) < 4.78 is 1.65. The van der Waals surface area contributed by atoms with E-state index in [2.05, 4.69) is 0 Å². The second-order valence-electron chi connectivity index (χ2n) is 5.61. The molecule has 0 unspecified atom stereocenters. The molecule has 0 aliphatic rings. The largest absolute Gasteiger partial charge is 0.309 e. The summed E-state index contributed by atoms with van der Waals surface area (Å²) in [4.78, 5) is 25.4. The van der Waals surface area contributed by atoms with Crippen molar-refractivity contribution in [1.29, 1.82) is 0 Å². The van der Waals surface area contributed by atoms with Crippen molar-refractivity contribution in [3.8, 4) is 0 Å². The molecule has 24 heavy (non-hydrogen) atoms. The Kier molecular flexibility index (Phi) is 4.48.